The summed E-state index contributed by atoms with van der Waals surface area (Å²) < 4.78 is 0. The molecule has 0 spiro atoms. The largest absolute Gasteiger partial charge is 0.352 e. The summed E-state index contributed by atoms with van der Waals surface area (Å²) in [4.78, 5) is 11.6. The van der Waals surface area contributed by atoms with Gasteiger partial charge in [0, 0.05) is 12.0 Å². The third-order valence-electron chi connectivity index (χ3n) is 3.21. The van der Waals surface area contributed by atoms with Gasteiger partial charge in [-0.3, -0.25) is 4.79 Å². The van der Waals surface area contributed by atoms with Crippen molar-refractivity contribution in [3.8, 4) is 0 Å². The van der Waals surface area contributed by atoms with Crippen LogP contribution in [0, 0.1) is 5.92 Å². The van der Waals surface area contributed by atoms with Crippen LogP contribution in [0.1, 0.15) is 44.9 Å². The van der Waals surface area contributed by atoms with Crippen LogP contribution in [-0.2, 0) is 4.79 Å². The molecule has 0 bridgehead atoms. The van der Waals surface area contributed by atoms with Gasteiger partial charge >= 0.3 is 0 Å². The number of amides is 1. The number of carbonyl (C=O) groups excluding carboxylic acids is 1. The van der Waals surface area contributed by atoms with Gasteiger partial charge in [0.05, 0.1) is 5.38 Å². The molecular weight excluding hydrogens is 198 g/mol. The Labute approximate surface area is 90.4 Å². The van der Waals surface area contributed by atoms with Crippen molar-refractivity contribution in [1.82, 2.24) is 5.32 Å². The molecule has 2 fully saturated rings. The maximum Gasteiger partial charge on any atom is 0.223 e. The number of alkyl halides is 1. The summed E-state index contributed by atoms with van der Waals surface area (Å²) in [6.07, 6.45) is 7.95. The highest BCUT2D eigenvalue weighted by Crippen LogP contribution is 2.30. The smallest absolute Gasteiger partial charge is 0.223 e. The molecule has 0 aromatic rings. The first kappa shape index (κ1) is 10.3. The first-order valence-electron chi connectivity index (χ1n) is 5.72. The Balaban J connectivity index is 1.83. The zero-order valence-corrected chi connectivity index (χ0v) is 9.22. The molecule has 1 amide bonds. The molecule has 2 aliphatic carbocycles. The summed E-state index contributed by atoms with van der Waals surface area (Å²) >= 11 is 6.24. The van der Waals surface area contributed by atoms with Crippen LogP contribution in [0.4, 0.5) is 0 Å². The van der Waals surface area contributed by atoms with E-state index in [1.54, 1.807) is 0 Å². The highest BCUT2D eigenvalue weighted by molar-refractivity contribution is 6.21. The molecule has 0 saturated heterocycles. The lowest BCUT2D eigenvalue weighted by molar-refractivity contribution is -0.123. The van der Waals surface area contributed by atoms with Gasteiger partial charge in [0.2, 0.25) is 5.91 Å². The molecule has 2 rings (SSSR count). The average molecular weight is 216 g/mol. The second-order valence-corrected chi connectivity index (χ2v) is 5.10. The lowest BCUT2D eigenvalue weighted by Crippen LogP contribution is -2.41. The molecule has 1 N–H and O–H groups in total. The highest BCUT2D eigenvalue weighted by Gasteiger charge is 2.32. The Morgan fingerprint density at radius 1 is 1.07 bits per heavy atom. The summed E-state index contributed by atoms with van der Waals surface area (Å²) in [6, 6.07) is 0.229. The van der Waals surface area contributed by atoms with Crippen LogP contribution >= 0.6 is 11.6 Å². The summed E-state index contributed by atoms with van der Waals surface area (Å²) in [7, 11) is 0. The molecule has 2 saturated carbocycles. The summed E-state index contributed by atoms with van der Waals surface area (Å²) in [6.45, 7) is 0. The van der Waals surface area contributed by atoms with Crippen LogP contribution < -0.4 is 5.32 Å². The van der Waals surface area contributed by atoms with Gasteiger partial charge in [-0.2, -0.15) is 0 Å². The third-order valence-corrected chi connectivity index (χ3v) is 3.73. The number of hydrogen-bond donors (Lipinski definition) is 1. The van der Waals surface area contributed by atoms with E-state index in [0.29, 0.717) is 5.92 Å². The van der Waals surface area contributed by atoms with Gasteiger partial charge in [-0.15, -0.1) is 11.6 Å². The normalized spacial score (nSPS) is 33.5. The minimum Gasteiger partial charge on any atom is -0.352 e. The Kier molecular flexibility index (Phi) is 3.32. The van der Waals surface area contributed by atoms with Gasteiger partial charge < -0.3 is 5.32 Å². The molecule has 2 atom stereocenters. The number of rotatable bonds is 2. The fraction of sp³-hybridized carbons (Fsp3) is 0.909. The fourth-order valence-electron chi connectivity index (χ4n) is 2.07. The molecular formula is C11H18ClNO. The molecule has 0 heterocycles. The fourth-order valence-corrected chi connectivity index (χ4v) is 2.41. The quantitative estimate of drug-likeness (QED) is 0.557. The maximum atomic E-state index is 11.6. The van der Waals surface area contributed by atoms with Crippen LogP contribution in [0.15, 0.2) is 0 Å². The lowest BCUT2D eigenvalue weighted by atomic mass is 10.1. The molecule has 2 nitrogen and oxygen atoms in total. The van der Waals surface area contributed by atoms with E-state index in [2.05, 4.69) is 5.32 Å². The second-order valence-electron chi connectivity index (χ2n) is 4.54. The summed E-state index contributed by atoms with van der Waals surface area (Å²) in [5.41, 5.74) is 0. The minimum absolute atomic E-state index is 0.153. The third kappa shape index (κ3) is 2.63. The molecule has 0 radical (unpaired) electrons. The molecule has 2 aliphatic rings. The molecule has 0 aromatic carbocycles. The molecule has 0 aromatic heterocycles. The van der Waals surface area contributed by atoms with Gasteiger partial charge in [-0.05, 0) is 25.7 Å². The van der Waals surface area contributed by atoms with Gasteiger partial charge in [0.15, 0.2) is 0 Å². The zero-order chi connectivity index (χ0) is 9.97. The molecule has 80 valence electrons. The maximum absolute atomic E-state index is 11.6. The summed E-state index contributed by atoms with van der Waals surface area (Å²) in [5, 5.41) is 3.25. The van der Waals surface area contributed by atoms with E-state index in [1.165, 1.54) is 19.3 Å². The van der Waals surface area contributed by atoms with Crippen molar-refractivity contribution in [2.24, 2.45) is 5.92 Å². The minimum atomic E-state index is 0.153. The van der Waals surface area contributed by atoms with Crippen LogP contribution in [-0.4, -0.2) is 17.3 Å². The topological polar surface area (TPSA) is 29.1 Å². The van der Waals surface area contributed by atoms with E-state index in [9.17, 15) is 4.79 Å². The number of carbonyl (C=O) groups is 1. The number of halogens is 1. The SMILES string of the molecule is O=C(NC1CCCCCC1Cl)C1CC1. The van der Waals surface area contributed by atoms with Crippen molar-refractivity contribution in [1.29, 1.82) is 0 Å². The van der Waals surface area contributed by atoms with Gasteiger partial charge in [0.25, 0.3) is 0 Å². The van der Waals surface area contributed by atoms with E-state index in [-0.39, 0.29) is 17.3 Å². The predicted octanol–water partition coefficient (Wildman–Crippen LogP) is 2.45. The van der Waals surface area contributed by atoms with Crippen molar-refractivity contribution in [3.05, 3.63) is 0 Å². The molecule has 3 heteroatoms. The molecule has 14 heavy (non-hydrogen) atoms. The monoisotopic (exact) mass is 215 g/mol. The van der Waals surface area contributed by atoms with Crippen molar-refractivity contribution in [2.75, 3.05) is 0 Å². The Morgan fingerprint density at radius 2 is 1.79 bits per heavy atom. The predicted molar refractivity (Wildman–Crippen MR) is 57.4 cm³/mol. The highest BCUT2D eigenvalue weighted by atomic mass is 35.5. The van der Waals surface area contributed by atoms with Crippen LogP contribution in [0.5, 0.6) is 0 Å². The van der Waals surface area contributed by atoms with Gasteiger partial charge in [0.1, 0.15) is 0 Å². The molecule has 2 unspecified atom stereocenters. The van der Waals surface area contributed by atoms with E-state index in [0.717, 1.165) is 25.7 Å². The van der Waals surface area contributed by atoms with Crippen LogP contribution in [0.2, 0.25) is 0 Å². The lowest BCUT2D eigenvalue weighted by Gasteiger charge is -2.20. The van der Waals surface area contributed by atoms with Crippen molar-refractivity contribution in [2.45, 2.75) is 56.4 Å². The first-order valence-corrected chi connectivity index (χ1v) is 6.15. The zero-order valence-electron chi connectivity index (χ0n) is 8.47. The van der Waals surface area contributed by atoms with Gasteiger partial charge in [-0.1, -0.05) is 19.3 Å². The van der Waals surface area contributed by atoms with Crippen LogP contribution in [0.3, 0.4) is 0 Å². The standard InChI is InChI=1S/C11H18ClNO/c12-9-4-2-1-3-5-10(9)13-11(14)8-6-7-8/h8-10H,1-7H2,(H,13,14). The van der Waals surface area contributed by atoms with E-state index in [1.807, 2.05) is 0 Å². The van der Waals surface area contributed by atoms with Gasteiger partial charge in [-0.25, -0.2) is 0 Å². The Bertz CT molecular complexity index is 215. The average Bonchev–Trinajstić information content (AvgIpc) is 2.95. The number of hydrogen-bond acceptors (Lipinski definition) is 1. The van der Waals surface area contributed by atoms with E-state index in [4.69, 9.17) is 11.6 Å². The first-order chi connectivity index (χ1) is 6.77. The Hall–Kier alpha value is -0.240. The van der Waals surface area contributed by atoms with Crippen molar-refractivity contribution >= 4 is 17.5 Å². The van der Waals surface area contributed by atoms with E-state index < -0.39 is 0 Å². The Morgan fingerprint density at radius 3 is 2.50 bits per heavy atom. The van der Waals surface area contributed by atoms with Crippen LogP contribution in [0.25, 0.3) is 0 Å². The molecule has 0 aliphatic heterocycles. The van der Waals surface area contributed by atoms with E-state index >= 15 is 0 Å². The summed E-state index contributed by atoms with van der Waals surface area (Å²) in [5.74, 6) is 0.546. The number of nitrogens with one attached hydrogen (secondary N) is 1. The van der Waals surface area contributed by atoms with Crippen molar-refractivity contribution in [3.63, 3.8) is 0 Å². The second kappa shape index (κ2) is 4.52. The van der Waals surface area contributed by atoms with Crippen molar-refractivity contribution < 1.29 is 4.79 Å².